The number of hydrogen-bond donors (Lipinski definition) is 3. The molecule has 0 heterocycles. The summed E-state index contributed by atoms with van der Waals surface area (Å²) in [5.41, 5.74) is 3.42. The Kier molecular flexibility index (Phi) is 6.73. The van der Waals surface area contributed by atoms with Crippen LogP contribution in [-0.4, -0.2) is 28.1 Å². The number of rotatable bonds is 6. The van der Waals surface area contributed by atoms with E-state index in [9.17, 15) is 24.8 Å². The molecule has 0 aliphatic heterocycles. The van der Waals surface area contributed by atoms with Crippen LogP contribution in [0, 0.1) is 10.1 Å². The SMILES string of the molecule is O=C(NN=Cc1cc([N+](=O)[O-])ccc1O)c1ccc(NC(=O)c2ccc(Br)cc2)cc1. The minimum atomic E-state index is -0.605. The number of halogens is 1. The fraction of sp³-hybridized carbons (Fsp3) is 0. The molecule has 31 heavy (non-hydrogen) atoms. The van der Waals surface area contributed by atoms with Gasteiger partial charge >= 0.3 is 0 Å². The second-order valence-corrected chi connectivity index (χ2v) is 7.15. The maximum absolute atomic E-state index is 12.2. The molecular formula is C21H15BrN4O5. The molecule has 0 aliphatic rings. The molecule has 0 aliphatic carbocycles. The molecule has 156 valence electrons. The molecule has 0 saturated heterocycles. The van der Waals surface area contributed by atoms with Crippen LogP contribution in [-0.2, 0) is 0 Å². The van der Waals surface area contributed by atoms with Gasteiger partial charge in [0.15, 0.2) is 0 Å². The number of phenolic OH excluding ortho intramolecular Hbond substituents is 1. The molecule has 3 aromatic rings. The number of nitro benzene ring substituents is 1. The van der Waals surface area contributed by atoms with E-state index in [-0.39, 0.29) is 28.5 Å². The number of nitro groups is 1. The summed E-state index contributed by atoms with van der Waals surface area (Å²) in [6.45, 7) is 0. The molecule has 0 spiro atoms. The quantitative estimate of drug-likeness (QED) is 0.276. The summed E-state index contributed by atoms with van der Waals surface area (Å²) in [5.74, 6) is -1.03. The number of anilines is 1. The molecule has 3 aromatic carbocycles. The number of phenols is 1. The van der Waals surface area contributed by atoms with E-state index in [0.29, 0.717) is 11.3 Å². The van der Waals surface area contributed by atoms with E-state index in [4.69, 9.17) is 0 Å². The van der Waals surface area contributed by atoms with Crippen molar-refractivity contribution in [2.45, 2.75) is 0 Å². The Bertz CT molecular complexity index is 1160. The molecule has 0 saturated carbocycles. The summed E-state index contributed by atoms with van der Waals surface area (Å²) in [6, 6.07) is 16.5. The zero-order valence-electron chi connectivity index (χ0n) is 15.8. The Balaban J connectivity index is 1.61. The van der Waals surface area contributed by atoms with Gasteiger partial charge in [-0.2, -0.15) is 5.10 Å². The van der Waals surface area contributed by atoms with Gasteiger partial charge in [0, 0.05) is 39.0 Å². The van der Waals surface area contributed by atoms with Crippen LogP contribution in [0.5, 0.6) is 5.75 Å². The van der Waals surface area contributed by atoms with Gasteiger partial charge in [0.2, 0.25) is 0 Å². The molecule has 9 nitrogen and oxygen atoms in total. The van der Waals surface area contributed by atoms with E-state index in [1.54, 1.807) is 36.4 Å². The zero-order chi connectivity index (χ0) is 22.4. The van der Waals surface area contributed by atoms with Crippen LogP contribution in [0.15, 0.2) is 76.3 Å². The number of non-ortho nitro benzene ring substituents is 1. The van der Waals surface area contributed by atoms with Crippen LogP contribution < -0.4 is 10.7 Å². The first-order valence-corrected chi connectivity index (χ1v) is 9.60. The van der Waals surface area contributed by atoms with Crippen molar-refractivity contribution in [2.75, 3.05) is 5.32 Å². The van der Waals surface area contributed by atoms with Gasteiger partial charge in [0.1, 0.15) is 5.75 Å². The first kappa shape index (κ1) is 21.7. The van der Waals surface area contributed by atoms with Crippen molar-refractivity contribution in [3.8, 4) is 5.75 Å². The lowest BCUT2D eigenvalue weighted by Gasteiger charge is -2.06. The lowest BCUT2D eigenvalue weighted by atomic mass is 10.1. The van der Waals surface area contributed by atoms with Crippen LogP contribution in [0.25, 0.3) is 0 Å². The summed E-state index contributed by atoms with van der Waals surface area (Å²) in [4.78, 5) is 34.6. The second-order valence-electron chi connectivity index (χ2n) is 6.24. The molecular weight excluding hydrogens is 468 g/mol. The highest BCUT2D eigenvalue weighted by Crippen LogP contribution is 2.21. The Morgan fingerprint density at radius 3 is 2.23 bits per heavy atom. The molecule has 10 heteroatoms. The number of nitrogens with one attached hydrogen (secondary N) is 2. The van der Waals surface area contributed by atoms with Crippen LogP contribution >= 0.6 is 15.9 Å². The van der Waals surface area contributed by atoms with Crippen molar-refractivity contribution >= 4 is 45.3 Å². The third-order valence-electron chi connectivity index (χ3n) is 4.10. The monoisotopic (exact) mass is 482 g/mol. The van der Waals surface area contributed by atoms with Crippen molar-refractivity contribution < 1.29 is 19.6 Å². The van der Waals surface area contributed by atoms with Gasteiger partial charge < -0.3 is 10.4 Å². The van der Waals surface area contributed by atoms with Crippen LogP contribution in [0.3, 0.4) is 0 Å². The number of hydrogen-bond acceptors (Lipinski definition) is 6. The van der Waals surface area contributed by atoms with Crippen LogP contribution in [0.4, 0.5) is 11.4 Å². The smallest absolute Gasteiger partial charge is 0.271 e. The number of carbonyl (C=O) groups is 2. The molecule has 0 fully saturated rings. The molecule has 0 radical (unpaired) electrons. The van der Waals surface area contributed by atoms with Crippen LogP contribution in [0.1, 0.15) is 26.3 Å². The molecule has 0 bridgehead atoms. The van der Waals surface area contributed by atoms with Crippen molar-refractivity contribution in [2.24, 2.45) is 5.10 Å². The van der Waals surface area contributed by atoms with E-state index in [0.717, 1.165) is 22.8 Å². The Morgan fingerprint density at radius 1 is 0.968 bits per heavy atom. The lowest BCUT2D eigenvalue weighted by molar-refractivity contribution is -0.384. The number of amides is 2. The number of hydrazone groups is 1. The Hall–Kier alpha value is -4.05. The topological polar surface area (TPSA) is 134 Å². The van der Waals surface area contributed by atoms with E-state index in [2.05, 4.69) is 31.8 Å². The van der Waals surface area contributed by atoms with E-state index in [1.165, 1.54) is 18.2 Å². The average Bonchev–Trinajstić information content (AvgIpc) is 2.75. The highest BCUT2D eigenvalue weighted by Gasteiger charge is 2.10. The van der Waals surface area contributed by atoms with Crippen molar-refractivity contribution in [3.05, 3.63) is 98.0 Å². The largest absolute Gasteiger partial charge is 0.507 e. The summed E-state index contributed by atoms with van der Waals surface area (Å²) >= 11 is 3.31. The zero-order valence-corrected chi connectivity index (χ0v) is 17.4. The summed E-state index contributed by atoms with van der Waals surface area (Å²) in [6.07, 6.45) is 1.10. The first-order chi connectivity index (χ1) is 14.8. The van der Waals surface area contributed by atoms with E-state index in [1.807, 2.05) is 0 Å². The maximum Gasteiger partial charge on any atom is 0.271 e. The highest BCUT2D eigenvalue weighted by atomic mass is 79.9. The van der Waals surface area contributed by atoms with Gasteiger partial charge in [-0.15, -0.1) is 0 Å². The molecule has 0 atom stereocenters. The Labute approximate surface area is 184 Å². The number of aromatic hydroxyl groups is 1. The minimum Gasteiger partial charge on any atom is -0.507 e. The van der Waals surface area contributed by atoms with Crippen LogP contribution in [0.2, 0.25) is 0 Å². The molecule has 0 aromatic heterocycles. The predicted molar refractivity (Wildman–Crippen MR) is 118 cm³/mol. The summed E-state index contributed by atoms with van der Waals surface area (Å²) < 4.78 is 0.864. The third-order valence-corrected chi connectivity index (χ3v) is 4.63. The fourth-order valence-corrected chi connectivity index (χ4v) is 2.76. The third kappa shape index (κ3) is 5.73. The van der Waals surface area contributed by atoms with Gasteiger partial charge in [-0.05, 0) is 54.6 Å². The molecule has 0 unspecified atom stereocenters. The van der Waals surface area contributed by atoms with Crippen molar-refractivity contribution in [1.29, 1.82) is 0 Å². The summed E-state index contributed by atoms with van der Waals surface area (Å²) in [5, 5.41) is 27.0. The standard InChI is InChI=1S/C21H15BrN4O5/c22-16-5-1-13(2-6-16)20(28)24-17-7-3-14(4-8-17)21(29)25-23-12-15-11-18(26(30)31)9-10-19(15)27/h1-12,27H,(H,24,28)(H,25,29). The lowest BCUT2D eigenvalue weighted by Crippen LogP contribution is -2.18. The molecule has 2 amide bonds. The minimum absolute atomic E-state index is 0.0838. The second kappa shape index (κ2) is 9.63. The molecule has 3 N–H and O–H groups in total. The normalized spacial score (nSPS) is 10.6. The van der Waals surface area contributed by atoms with Gasteiger partial charge in [-0.3, -0.25) is 19.7 Å². The van der Waals surface area contributed by atoms with Gasteiger partial charge in [-0.1, -0.05) is 15.9 Å². The Morgan fingerprint density at radius 2 is 1.58 bits per heavy atom. The van der Waals surface area contributed by atoms with Gasteiger partial charge in [-0.25, -0.2) is 5.43 Å². The number of carbonyl (C=O) groups excluding carboxylic acids is 2. The van der Waals surface area contributed by atoms with E-state index >= 15 is 0 Å². The number of benzene rings is 3. The summed E-state index contributed by atoms with van der Waals surface area (Å²) in [7, 11) is 0. The maximum atomic E-state index is 12.2. The predicted octanol–water partition coefficient (Wildman–Crippen LogP) is 4.08. The molecule has 3 rings (SSSR count). The highest BCUT2D eigenvalue weighted by molar-refractivity contribution is 9.10. The van der Waals surface area contributed by atoms with Gasteiger partial charge in [0.05, 0.1) is 11.1 Å². The van der Waals surface area contributed by atoms with Crippen molar-refractivity contribution in [1.82, 2.24) is 5.43 Å². The van der Waals surface area contributed by atoms with Gasteiger partial charge in [0.25, 0.3) is 17.5 Å². The van der Waals surface area contributed by atoms with Crippen molar-refractivity contribution in [3.63, 3.8) is 0 Å². The fourth-order valence-electron chi connectivity index (χ4n) is 2.49. The number of nitrogens with zero attached hydrogens (tertiary/aromatic N) is 2. The van der Waals surface area contributed by atoms with E-state index < -0.39 is 10.8 Å². The average molecular weight is 483 g/mol. The first-order valence-electron chi connectivity index (χ1n) is 8.81.